The smallest absolute Gasteiger partial charge is 0.201 e. The van der Waals surface area contributed by atoms with Crippen molar-refractivity contribution in [3.63, 3.8) is 0 Å². The number of hydrogen-bond acceptors (Lipinski definition) is 4. The third-order valence-electron chi connectivity index (χ3n) is 2.88. The highest BCUT2D eigenvalue weighted by Gasteiger charge is 2.53. The maximum atomic E-state index is 10.5. The van der Waals surface area contributed by atoms with E-state index in [9.17, 15) is 5.11 Å². The lowest BCUT2D eigenvalue weighted by atomic mass is 9.83. The average Bonchev–Trinajstić information content (AvgIpc) is 2.17. The van der Waals surface area contributed by atoms with Crippen LogP contribution in [0.1, 0.15) is 19.8 Å². The van der Waals surface area contributed by atoms with Gasteiger partial charge in [-0.05, 0) is 6.92 Å². The van der Waals surface area contributed by atoms with E-state index in [1.54, 1.807) is 0 Å². The molecule has 0 bridgehead atoms. The standard InChI is InChI=1S/C11H20O4/c1-9(2)7-10(12)8-15-6-5-11(10,13-3)14-4/h12H,1,5-8H2,2-4H3. The molecule has 4 heteroatoms. The Hall–Kier alpha value is -0.420. The molecule has 1 aliphatic rings. The molecule has 0 amide bonds. The molecule has 0 aromatic carbocycles. The van der Waals surface area contributed by atoms with Crippen LogP contribution in [0.15, 0.2) is 12.2 Å². The monoisotopic (exact) mass is 216 g/mol. The van der Waals surface area contributed by atoms with Crippen molar-refractivity contribution in [2.24, 2.45) is 0 Å². The van der Waals surface area contributed by atoms with Crippen LogP contribution in [0.4, 0.5) is 0 Å². The molecule has 0 aromatic heterocycles. The van der Waals surface area contributed by atoms with Crippen LogP contribution in [0.2, 0.25) is 0 Å². The predicted molar refractivity (Wildman–Crippen MR) is 56.6 cm³/mol. The van der Waals surface area contributed by atoms with E-state index in [1.165, 1.54) is 14.2 Å². The molecule has 4 nitrogen and oxygen atoms in total. The van der Waals surface area contributed by atoms with E-state index < -0.39 is 11.4 Å². The molecule has 1 unspecified atom stereocenters. The third-order valence-corrected chi connectivity index (χ3v) is 2.88. The van der Waals surface area contributed by atoms with Gasteiger partial charge in [0.1, 0.15) is 5.60 Å². The van der Waals surface area contributed by atoms with Gasteiger partial charge in [0.2, 0.25) is 5.79 Å². The summed E-state index contributed by atoms with van der Waals surface area (Å²) >= 11 is 0. The summed E-state index contributed by atoms with van der Waals surface area (Å²) in [5.41, 5.74) is -0.276. The maximum Gasteiger partial charge on any atom is 0.201 e. The largest absolute Gasteiger partial charge is 0.381 e. The number of rotatable bonds is 4. The van der Waals surface area contributed by atoms with Gasteiger partial charge < -0.3 is 19.3 Å². The highest BCUT2D eigenvalue weighted by molar-refractivity contribution is 5.06. The summed E-state index contributed by atoms with van der Waals surface area (Å²) in [4.78, 5) is 0. The van der Waals surface area contributed by atoms with Crippen molar-refractivity contribution >= 4 is 0 Å². The Bertz CT molecular complexity index is 235. The van der Waals surface area contributed by atoms with Crippen molar-refractivity contribution in [1.29, 1.82) is 0 Å². The zero-order chi connectivity index (χ0) is 11.5. The molecule has 88 valence electrons. The molecular weight excluding hydrogens is 196 g/mol. The molecule has 15 heavy (non-hydrogen) atoms. The Morgan fingerprint density at radius 3 is 2.53 bits per heavy atom. The van der Waals surface area contributed by atoms with E-state index in [0.717, 1.165) is 5.57 Å². The number of ether oxygens (including phenoxy) is 3. The molecule has 0 aromatic rings. The van der Waals surface area contributed by atoms with Crippen molar-refractivity contribution in [2.45, 2.75) is 31.2 Å². The second kappa shape index (κ2) is 4.61. The fourth-order valence-corrected chi connectivity index (χ4v) is 2.14. The summed E-state index contributed by atoms with van der Waals surface area (Å²) in [6.45, 7) is 6.40. The summed E-state index contributed by atoms with van der Waals surface area (Å²) in [5.74, 6) is -0.982. The first-order valence-corrected chi connectivity index (χ1v) is 5.04. The van der Waals surface area contributed by atoms with Crippen LogP contribution in [-0.4, -0.2) is 43.9 Å². The molecule has 1 rings (SSSR count). The lowest BCUT2D eigenvalue weighted by molar-refractivity contribution is -0.336. The van der Waals surface area contributed by atoms with E-state index in [1.807, 2.05) is 6.92 Å². The van der Waals surface area contributed by atoms with Gasteiger partial charge in [0.25, 0.3) is 0 Å². The average molecular weight is 216 g/mol. The van der Waals surface area contributed by atoms with Crippen molar-refractivity contribution in [2.75, 3.05) is 27.4 Å². The summed E-state index contributed by atoms with van der Waals surface area (Å²) in [6, 6.07) is 0. The predicted octanol–water partition coefficient (Wildman–Crippen LogP) is 1.09. The first kappa shape index (κ1) is 12.6. The van der Waals surface area contributed by atoms with Crippen LogP contribution in [0.3, 0.4) is 0 Å². The molecule has 1 fully saturated rings. The summed E-state index contributed by atoms with van der Waals surface area (Å²) in [6.07, 6.45) is 0.929. The Morgan fingerprint density at radius 2 is 2.07 bits per heavy atom. The quantitative estimate of drug-likeness (QED) is 0.564. The Labute approximate surface area is 90.8 Å². The molecule has 1 saturated heterocycles. The van der Waals surface area contributed by atoms with Gasteiger partial charge in [0.05, 0.1) is 13.2 Å². The van der Waals surface area contributed by atoms with E-state index in [0.29, 0.717) is 19.4 Å². The van der Waals surface area contributed by atoms with Crippen LogP contribution >= 0.6 is 0 Å². The lowest BCUT2D eigenvalue weighted by Crippen LogP contribution is -2.62. The van der Waals surface area contributed by atoms with Crippen molar-refractivity contribution in [1.82, 2.24) is 0 Å². The first-order chi connectivity index (χ1) is 6.99. The molecule has 0 spiro atoms. The topological polar surface area (TPSA) is 47.9 Å². The van der Waals surface area contributed by atoms with Crippen molar-refractivity contribution < 1.29 is 19.3 Å². The van der Waals surface area contributed by atoms with Crippen molar-refractivity contribution in [3.8, 4) is 0 Å². The zero-order valence-electron chi connectivity index (χ0n) is 9.71. The van der Waals surface area contributed by atoms with Gasteiger partial charge in [-0.25, -0.2) is 0 Å². The van der Waals surface area contributed by atoms with Gasteiger partial charge in [0.15, 0.2) is 0 Å². The highest BCUT2D eigenvalue weighted by Crippen LogP contribution is 2.38. The summed E-state index contributed by atoms with van der Waals surface area (Å²) in [7, 11) is 3.08. The fraction of sp³-hybridized carbons (Fsp3) is 0.818. The Kier molecular flexibility index (Phi) is 3.89. The first-order valence-electron chi connectivity index (χ1n) is 5.04. The van der Waals surface area contributed by atoms with Gasteiger partial charge in [0, 0.05) is 27.1 Å². The third kappa shape index (κ3) is 2.23. The second-order valence-corrected chi connectivity index (χ2v) is 4.13. The lowest BCUT2D eigenvalue weighted by Gasteiger charge is -2.47. The SMILES string of the molecule is C=C(C)CC1(O)COCCC1(OC)OC. The molecule has 0 aliphatic carbocycles. The van der Waals surface area contributed by atoms with E-state index in [4.69, 9.17) is 14.2 Å². The maximum absolute atomic E-state index is 10.5. The molecular formula is C11H20O4. The van der Waals surface area contributed by atoms with E-state index >= 15 is 0 Å². The summed E-state index contributed by atoms with van der Waals surface area (Å²) < 4.78 is 16.0. The number of aliphatic hydroxyl groups is 1. The van der Waals surface area contributed by atoms with Gasteiger partial charge in [-0.2, -0.15) is 0 Å². The minimum atomic E-state index is -1.15. The van der Waals surface area contributed by atoms with Crippen LogP contribution in [-0.2, 0) is 14.2 Å². The van der Waals surface area contributed by atoms with E-state index in [-0.39, 0.29) is 6.61 Å². The van der Waals surface area contributed by atoms with Crippen LogP contribution in [0.25, 0.3) is 0 Å². The van der Waals surface area contributed by atoms with Crippen LogP contribution in [0, 0.1) is 0 Å². The van der Waals surface area contributed by atoms with Crippen LogP contribution < -0.4 is 0 Å². The Balaban J connectivity index is 2.93. The normalized spacial score (nSPS) is 30.1. The minimum Gasteiger partial charge on any atom is -0.381 e. The Morgan fingerprint density at radius 1 is 1.47 bits per heavy atom. The highest BCUT2D eigenvalue weighted by atomic mass is 16.7. The molecule has 0 saturated carbocycles. The van der Waals surface area contributed by atoms with Gasteiger partial charge >= 0.3 is 0 Å². The van der Waals surface area contributed by atoms with Crippen LogP contribution in [0.5, 0.6) is 0 Å². The molecule has 1 heterocycles. The van der Waals surface area contributed by atoms with Gasteiger partial charge in [-0.1, -0.05) is 5.57 Å². The minimum absolute atomic E-state index is 0.210. The molecule has 0 radical (unpaired) electrons. The zero-order valence-corrected chi connectivity index (χ0v) is 9.71. The second-order valence-electron chi connectivity index (χ2n) is 4.13. The molecule has 1 atom stereocenters. The number of hydrogen-bond donors (Lipinski definition) is 1. The van der Waals surface area contributed by atoms with E-state index in [2.05, 4.69) is 6.58 Å². The van der Waals surface area contributed by atoms with Crippen molar-refractivity contribution in [3.05, 3.63) is 12.2 Å². The molecule has 1 N–H and O–H groups in total. The number of methoxy groups -OCH3 is 2. The molecule has 1 aliphatic heterocycles. The van der Waals surface area contributed by atoms with Gasteiger partial charge in [-0.15, -0.1) is 6.58 Å². The summed E-state index contributed by atoms with van der Waals surface area (Å²) in [5, 5.41) is 10.5. The fourth-order valence-electron chi connectivity index (χ4n) is 2.14. The van der Waals surface area contributed by atoms with Gasteiger partial charge in [-0.3, -0.25) is 0 Å².